The van der Waals surface area contributed by atoms with Gasteiger partial charge in [-0.3, -0.25) is 10.1 Å². The molecule has 0 aliphatic carbocycles. The maximum atomic E-state index is 12.1. The molecule has 0 unspecified atom stereocenters. The SMILES string of the molecule is CC(C)NC(=O)NC(=O)[C@@H](C)Sc1nnc(COc2ccc(Cl)cc2)n1C. The van der Waals surface area contributed by atoms with Gasteiger partial charge in [0.25, 0.3) is 0 Å². The number of hydrogen-bond donors (Lipinski definition) is 2. The molecule has 0 aliphatic heterocycles. The van der Waals surface area contributed by atoms with Gasteiger partial charge in [0.15, 0.2) is 11.0 Å². The van der Waals surface area contributed by atoms with Crippen LogP contribution in [0.2, 0.25) is 5.02 Å². The number of urea groups is 1. The molecule has 2 aromatic rings. The first kappa shape index (κ1) is 21.0. The summed E-state index contributed by atoms with van der Waals surface area (Å²) in [6, 6.07) is 6.45. The Morgan fingerprint density at radius 3 is 2.52 bits per heavy atom. The molecule has 1 aromatic carbocycles. The smallest absolute Gasteiger partial charge is 0.321 e. The molecule has 0 saturated heterocycles. The summed E-state index contributed by atoms with van der Waals surface area (Å²) in [7, 11) is 1.79. The van der Waals surface area contributed by atoms with Crippen molar-refractivity contribution < 1.29 is 14.3 Å². The molecular weight excluding hydrogens is 390 g/mol. The summed E-state index contributed by atoms with van der Waals surface area (Å²) < 4.78 is 7.41. The second-order valence-electron chi connectivity index (χ2n) is 6.08. The summed E-state index contributed by atoms with van der Waals surface area (Å²) in [5.74, 6) is 0.873. The quantitative estimate of drug-likeness (QED) is 0.680. The molecule has 10 heteroatoms. The first-order chi connectivity index (χ1) is 12.8. The van der Waals surface area contributed by atoms with Gasteiger partial charge >= 0.3 is 6.03 Å². The third kappa shape index (κ3) is 6.44. The molecule has 146 valence electrons. The number of amides is 3. The molecule has 1 atom stereocenters. The van der Waals surface area contributed by atoms with E-state index in [2.05, 4.69) is 20.8 Å². The largest absolute Gasteiger partial charge is 0.486 e. The van der Waals surface area contributed by atoms with Crippen LogP contribution < -0.4 is 15.4 Å². The van der Waals surface area contributed by atoms with Crippen molar-refractivity contribution in [1.82, 2.24) is 25.4 Å². The second-order valence-corrected chi connectivity index (χ2v) is 7.82. The van der Waals surface area contributed by atoms with Crippen LogP contribution in [0.15, 0.2) is 29.4 Å². The van der Waals surface area contributed by atoms with Crippen LogP contribution in [0.5, 0.6) is 5.75 Å². The van der Waals surface area contributed by atoms with Crippen LogP contribution >= 0.6 is 23.4 Å². The number of carbonyl (C=O) groups excluding carboxylic acids is 2. The summed E-state index contributed by atoms with van der Waals surface area (Å²) in [5, 5.41) is 13.8. The minimum absolute atomic E-state index is 0.0531. The number of thioether (sulfide) groups is 1. The van der Waals surface area contributed by atoms with E-state index in [1.54, 1.807) is 42.8 Å². The fraction of sp³-hybridized carbons (Fsp3) is 0.412. The second kappa shape index (κ2) is 9.61. The molecule has 2 N–H and O–H groups in total. The highest BCUT2D eigenvalue weighted by Crippen LogP contribution is 2.22. The third-order valence-electron chi connectivity index (χ3n) is 3.41. The lowest BCUT2D eigenvalue weighted by atomic mass is 10.3. The van der Waals surface area contributed by atoms with Gasteiger partial charge in [0.1, 0.15) is 12.4 Å². The van der Waals surface area contributed by atoms with E-state index in [4.69, 9.17) is 16.3 Å². The van der Waals surface area contributed by atoms with Gasteiger partial charge in [-0.25, -0.2) is 4.79 Å². The molecule has 1 aromatic heterocycles. The van der Waals surface area contributed by atoms with Crippen molar-refractivity contribution in [2.24, 2.45) is 7.05 Å². The molecule has 0 radical (unpaired) electrons. The monoisotopic (exact) mass is 411 g/mol. The molecule has 2 rings (SSSR count). The fourth-order valence-corrected chi connectivity index (χ4v) is 2.94. The Hall–Kier alpha value is -2.26. The summed E-state index contributed by atoms with van der Waals surface area (Å²) in [6.07, 6.45) is 0. The van der Waals surface area contributed by atoms with Crippen LogP contribution in [0, 0.1) is 0 Å². The molecule has 27 heavy (non-hydrogen) atoms. The van der Waals surface area contributed by atoms with E-state index in [0.717, 1.165) is 0 Å². The topological polar surface area (TPSA) is 98.1 Å². The minimum atomic E-state index is -0.518. The number of aromatic nitrogens is 3. The van der Waals surface area contributed by atoms with Gasteiger partial charge < -0.3 is 14.6 Å². The normalized spacial score (nSPS) is 11.9. The highest BCUT2D eigenvalue weighted by molar-refractivity contribution is 8.00. The molecule has 0 bridgehead atoms. The van der Waals surface area contributed by atoms with Gasteiger partial charge in [-0.05, 0) is 45.0 Å². The maximum Gasteiger partial charge on any atom is 0.321 e. The van der Waals surface area contributed by atoms with Crippen molar-refractivity contribution in [2.45, 2.75) is 43.8 Å². The van der Waals surface area contributed by atoms with Gasteiger partial charge in [0.05, 0.1) is 5.25 Å². The van der Waals surface area contributed by atoms with Crippen molar-refractivity contribution in [3.8, 4) is 5.75 Å². The molecular formula is C17H22ClN5O3S. The van der Waals surface area contributed by atoms with Crippen LogP contribution in [0.1, 0.15) is 26.6 Å². The number of carbonyl (C=O) groups is 2. The number of hydrogen-bond acceptors (Lipinski definition) is 6. The summed E-state index contributed by atoms with van der Waals surface area (Å²) in [5.41, 5.74) is 0. The fourth-order valence-electron chi connectivity index (χ4n) is 1.98. The number of benzene rings is 1. The molecule has 8 nitrogen and oxygen atoms in total. The number of rotatable bonds is 7. The van der Waals surface area contributed by atoms with Gasteiger partial charge in [-0.15, -0.1) is 10.2 Å². The predicted octanol–water partition coefficient (Wildman–Crippen LogP) is 2.76. The average molecular weight is 412 g/mol. The van der Waals surface area contributed by atoms with Crippen LogP contribution in [0.25, 0.3) is 0 Å². The van der Waals surface area contributed by atoms with E-state index in [9.17, 15) is 9.59 Å². The molecule has 0 saturated carbocycles. The number of nitrogens with zero attached hydrogens (tertiary/aromatic N) is 3. The number of halogens is 1. The zero-order valence-electron chi connectivity index (χ0n) is 15.5. The van der Waals surface area contributed by atoms with Gasteiger partial charge in [-0.2, -0.15) is 0 Å². The van der Waals surface area contributed by atoms with E-state index in [1.165, 1.54) is 11.8 Å². The summed E-state index contributed by atoms with van der Waals surface area (Å²) >= 11 is 7.05. The molecule has 0 fully saturated rings. The van der Waals surface area contributed by atoms with Crippen molar-refractivity contribution in [3.05, 3.63) is 35.1 Å². The maximum absolute atomic E-state index is 12.1. The van der Waals surface area contributed by atoms with E-state index in [0.29, 0.717) is 21.8 Å². The third-order valence-corrected chi connectivity index (χ3v) is 4.80. The van der Waals surface area contributed by atoms with Crippen LogP contribution in [0.4, 0.5) is 4.79 Å². The first-order valence-corrected chi connectivity index (χ1v) is 9.56. The Kier molecular flexibility index (Phi) is 7.49. The van der Waals surface area contributed by atoms with Crippen LogP contribution in [0.3, 0.4) is 0 Å². The van der Waals surface area contributed by atoms with Crippen molar-refractivity contribution in [1.29, 1.82) is 0 Å². The molecule has 0 aliphatic rings. The Morgan fingerprint density at radius 2 is 1.89 bits per heavy atom. The van der Waals surface area contributed by atoms with Crippen molar-refractivity contribution >= 4 is 35.3 Å². The summed E-state index contributed by atoms with van der Waals surface area (Å²) in [6.45, 7) is 5.55. The summed E-state index contributed by atoms with van der Waals surface area (Å²) in [4.78, 5) is 23.7. The molecule has 3 amide bonds. The predicted molar refractivity (Wildman–Crippen MR) is 104 cm³/mol. The van der Waals surface area contributed by atoms with Gasteiger partial charge in [-0.1, -0.05) is 23.4 Å². The van der Waals surface area contributed by atoms with E-state index in [-0.39, 0.29) is 12.6 Å². The standard InChI is InChI=1S/C17H22ClN5O3S/c1-10(2)19-16(25)20-15(24)11(3)27-17-22-21-14(23(17)4)9-26-13-7-5-12(18)6-8-13/h5-8,10-11H,9H2,1-4H3,(H2,19,20,24,25)/t11-/m1/s1. The van der Waals surface area contributed by atoms with E-state index >= 15 is 0 Å². The Bertz CT molecular complexity index is 794. The lowest BCUT2D eigenvalue weighted by Crippen LogP contribution is -2.45. The molecule has 0 spiro atoms. The minimum Gasteiger partial charge on any atom is -0.486 e. The highest BCUT2D eigenvalue weighted by atomic mass is 35.5. The lowest BCUT2D eigenvalue weighted by molar-refractivity contribution is -0.119. The first-order valence-electron chi connectivity index (χ1n) is 8.31. The van der Waals surface area contributed by atoms with Gasteiger partial charge in [0.2, 0.25) is 5.91 Å². The average Bonchev–Trinajstić information content (AvgIpc) is 2.93. The molecule has 1 heterocycles. The van der Waals surface area contributed by atoms with Crippen LogP contribution in [-0.2, 0) is 18.4 Å². The van der Waals surface area contributed by atoms with Crippen molar-refractivity contribution in [3.63, 3.8) is 0 Å². The van der Waals surface area contributed by atoms with E-state index in [1.807, 2.05) is 13.8 Å². The zero-order chi connectivity index (χ0) is 20.0. The number of imide groups is 1. The van der Waals surface area contributed by atoms with Gasteiger partial charge in [0, 0.05) is 18.1 Å². The Labute approximate surface area is 167 Å². The Balaban J connectivity index is 1.91. The van der Waals surface area contributed by atoms with E-state index < -0.39 is 17.2 Å². The number of nitrogens with one attached hydrogen (secondary N) is 2. The zero-order valence-corrected chi connectivity index (χ0v) is 17.1. The van der Waals surface area contributed by atoms with Crippen LogP contribution in [-0.4, -0.2) is 38.0 Å². The highest BCUT2D eigenvalue weighted by Gasteiger charge is 2.21. The number of ether oxygens (including phenoxy) is 1. The Morgan fingerprint density at radius 1 is 1.22 bits per heavy atom. The van der Waals surface area contributed by atoms with Crippen molar-refractivity contribution in [2.75, 3.05) is 0 Å². The lowest BCUT2D eigenvalue weighted by Gasteiger charge is -2.13.